The summed E-state index contributed by atoms with van der Waals surface area (Å²) in [6.45, 7) is 1.89. The summed E-state index contributed by atoms with van der Waals surface area (Å²) in [5, 5.41) is 7.75. The number of pyridine rings is 1. The monoisotopic (exact) mass is 389 g/mol. The molecule has 0 saturated heterocycles. The Hall–Kier alpha value is -2.97. The molecule has 28 heavy (non-hydrogen) atoms. The van der Waals surface area contributed by atoms with Gasteiger partial charge in [-0.2, -0.15) is 18.3 Å². The first kappa shape index (κ1) is 17.2. The average molecular weight is 389 g/mol. The first-order valence-electron chi connectivity index (χ1n) is 8.86. The number of aryl methyl sites for hydroxylation is 1. The highest BCUT2D eigenvalue weighted by atomic mass is 19.4. The summed E-state index contributed by atoms with van der Waals surface area (Å²) < 4.78 is 54.8. The number of benzene rings is 1. The van der Waals surface area contributed by atoms with Crippen molar-refractivity contribution < 1.29 is 17.6 Å². The maximum Gasteiger partial charge on any atom is 0.433 e. The Morgan fingerprint density at radius 3 is 2.64 bits per heavy atom. The lowest BCUT2D eigenvalue weighted by Crippen LogP contribution is -2.25. The summed E-state index contributed by atoms with van der Waals surface area (Å²) in [7, 11) is 0. The van der Waals surface area contributed by atoms with Crippen molar-refractivity contribution in [1.82, 2.24) is 24.7 Å². The molecule has 0 atom stereocenters. The molecule has 1 aliphatic rings. The summed E-state index contributed by atoms with van der Waals surface area (Å²) in [6, 6.07) is 5.91. The Kier molecular flexibility index (Phi) is 3.53. The number of fused-ring (bicyclic) bond motifs is 2. The third-order valence-corrected chi connectivity index (χ3v) is 5.26. The van der Waals surface area contributed by atoms with E-state index < -0.39 is 18.0 Å². The minimum absolute atomic E-state index is 0.120. The van der Waals surface area contributed by atoms with Gasteiger partial charge in [0.2, 0.25) is 0 Å². The van der Waals surface area contributed by atoms with Crippen molar-refractivity contribution in [3.8, 4) is 5.69 Å². The maximum atomic E-state index is 13.5. The van der Waals surface area contributed by atoms with Crippen LogP contribution in [-0.2, 0) is 6.18 Å². The van der Waals surface area contributed by atoms with Crippen LogP contribution in [0.4, 0.5) is 17.6 Å². The summed E-state index contributed by atoms with van der Waals surface area (Å²) in [4.78, 5) is 8.37. The summed E-state index contributed by atoms with van der Waals surface area (Å²) >= 11 is 0. The molecule has 3 heterocycles. The van der Waals surface area contributed by atoms with Crippen molar-refractivity contribution >= 4 is 22.1 Å². The normalized spacial score (nSPS) is 20.0. The fourth-order valence-electron chi connectivity index (χ4n) is 3.77. The molecular formula is C19H15F4N5. The van der Waals surface area contributed by atoms with E-state index in [0.29, 0.717) is 29.9 Å². The third-order valence-electron chi connectivity index (χ3n) is 5.26. The molecule has 144 valence electrons. The molecule has 5 rings (SSSR count). The molecule has 0 radical (unpaired) electrons. The van der Waals surface area contributed by atoms with E-state index in [1.165, 1.54) is 6.07 Å². The number of aromatic amines is 1. The van der Waals surface area contributed by atoms with Crippen LogP contribution >= 0.6 is 0 Å². The Bertz CT molecular complexity index is 1200. The predicted octanol–water partition coefficient (Wildman–Crippen LogP) is 4.84. The van der Waals surface area contributed by atoms with Crippen LogP contribution in [0.2, 0.25) is 0 Å². The van der Waals surface area contributed by atoms with Crippen molar-refractivity contribution in [3.63, 3.8) is 0 Å². The van der Waals surface area contributed by atoms with Gasteiger partial charge in [-0.1, -0.05) is 0 Å². The minimum atomic E-state index is -4.56. The van der Waals surface area contributed by atoms with E-state index >= 15 is 0 Å². The van der Waals surface area contributed by atoms with Crippen LogP contribution in [0.3, 0.4) is 0 Å². The number of rotatable bonds is 2. The van der Waals surface area contributed by atoms with Crippen LogP contribution in [0.15, 0.2) is 30.5 Å². The third kappa shape index (κ3) is 2.56. The molecule has 0 bridgehead atoms. The fourth-order valence-corrected chi connectivity index (χ4v) is 3.77. The first-order valence-corrected chi connectivity index (χ1v) is 8.86. The first-order chi connectivity index (χ1) is 13.3. The molecule has 0 amide bonds. The SMILES string of the molecule is Cc1cc(-n2c(C3CC(F)C3)nc3ccc(C(F)(F)F)nc32)cc2cn[nH]c12. The molecule has 1 fully saturated rings. The van der Waals surface area contributed by atoms with Gasteiger partial charge in [0.1, 0.15) is 23.2 Å². The van der Waals surface area contributed by atoms with E-state index in [1.807, 2.05) is 19.1 Å². The van der Waals surface area contributed by atoms with Crippen LogP contribution < -0.4 is 0 Å². The quantitative estimate of drug-likeness (QED) is 0.499. The second kappa shape index (κ2) is 5.76. The number of imidazole rings is 1. The standard InChI is InChI=1S/C19H15F4N5/c1-9-4-13(7-11-8-24-27-16(9)11)28-17(10-5-12(20)6-10)25-14-2-3-15(19(21,22)23)26-18(14)28/h2-4,7-8,10,12H,5-6H2,1H3,(H,24,27). The number of H-pyrrole nitrogens is 1. The fraction of sp³-hybridized carbons (Fsp3) is 0.316. The Morgan fingerprint density at radius 2 is 1.93 bits per heavy atom. The van der Waals surface area contributed by atoms with Gasteiger partial charge in [-0.3, -0.25) is 9.67 Å². The second-order valence-electron chi connectivity index (χ2n) is 7.20. The van der Waals surface area contributed by atoms with Crippen molar-refractivity contribution in [2.24, 2.45) is 0 Å². The number of halogens is 4. The number of nitrogens with one attached hydrogen (secondary N) is 1. The second-order valence-corrected chi connectivity index (χ2v) is 7.20. The highest BCUT2D eigenvalue weighted by Crippen LogP contribution is 2.41. The largest absolute Gasteiger partial charge is 0.433 e. The van der Waals surface area contributed by atoms with Crippen molar-refractivity contribution in [2.45, 2.75) is 38.0 Å². The van der Waals surface area contributed by atoms with Crippen molar-refractivity contribution in [3.05, 3.63) is 47.5 Å². The number of aromatic nitrogens is 5. The Balaban J connectivity index is 1.79. The molecule has 4 aromatic rings. The van der Waals surface area contributed by atoms with Crippen molar-refractivity contribution in [2.75, 3.05) is 0 Å². The topological polar surface area (TPSA) is 59.4 Å². The maximum absolute atomic E-state index is 13.5. The van der Waals surface area contributed by atoms with Crippen molar-refractivity contribution in [1.29, 1.82) is 0 Å². The summed E-state index contributed by atoms with van der Waals surface area (Å²) in [5.41, 5.74) is 1.88. The number of hydrogen-bond donors (Lipinski definition) is 1. The number of hydrogen-bond acceptors (Lipinski definition) is 3. The smallest absolute Gasteiger partial charge is 0.280 e. The van der Waals surface area contributed by atoms with Gasteiger partial charge >= 0.3 is 6.18 Å². The summed E-state index contributed by atoms with van der Waals surface area (Å²) in [6.07, 6.45) is -3.20. The molecule has 1 N–H and O–H groups in total. The van der Waals surface area contributed by atoms with Crippen LogP contribution in [0.25, 0.3) is 27.8 Å². The van der Waals surface area contributed by atoms with E-state index in [2.05, 4.69) is 20.2 Å². The van der Waals surface area contributed by atoms with Crippen LogP contribution in [0.5, 0.6) is 0 Å². The Morgan fingerprint density at radius 1 is 1.14 bits per heavy atom. The molecular weight excluding hydrogens is 374 g/mol. The molecule has 5 nitrogen and oxygen atoms in total. The van der Waals surface area contributed by atoms with Gasteiger partial charge in [0.15, 0.2) is 5.65 Å². The minimum Gasteiger partial charge on any atom is -0.280 e. The molecule has 0 aliphatic heterocycles. The van der Waals surface area contributed by atoms with Crippen LogP contribution in [0, 0.1) is 6.92 Å². The zero-order valence-electron chi connectivity index (χ0n) is 14.8. The lowest BCUT2D eigenvalue weighted by molar-refractivity contribution is -0.141. The van der Waals surface area contributed by atoms with Gasteiger partial charge in [-0.05, 0) is 49.6 Å². The molecule has 1 aliphatic carbocycles. The van der Waals surface area contributed by atoms with Gasteiger partial charge in [-0.15, -0.1) is 0 Å². The van der Waals surface area contributed by atoms with Gasteiger partial charge in [0.25, 0.3) is 0 Å². The summed E-state index contributed by atoms with van der Waals surface area (Å²) in [5.74, 6) is 0.386. The van der Waals surface area contributed by atoms with E-state index in [0.717, 1.165) is 22.5 Å². The van der Waals surface area contributed by atoms with E-state index in [1.54, 1.807) is 10.8 Å². The molecule has 3 aromatic heterocycles. The lowest BCUT2D eigenvalue weighted by atomic mass is 9.83. The van der Waals surface area contributed by atoms with Gasteiger partial charge in [-0.25, -0.2) is 14.4 Å². The highest BCUT2D eigenvalue weighted by molar-refractivity contribution is 5.85. The predicted molar refractivity (Wildman–Crippen MR) is 95.1 cm³/mol. The zero-order chi connectivity index (χ0) is 19.6. The van der Waals surface area contributed by atoms with Crippen LogP contribution in [-0.4, -0.2) is 30.9 Å². The zero-order valence-corrected chi connectivity index (χ0v) is 14.8. The van der Waals surface area contributed by atoms with E-state index in [-0.39, 0.29) is 11.6 Å². The van der Waals surface area contributed by atoms with E-state index in [9.17, 15) is 17.6 Å². The molecule has 0 unspecified atom stereocenters. The van der Waals surface area contributed by atoms with Gasteiger partial charge in [0, 0.05) is 17.0 Å². The Labute approximate surface area is 156 Å². The lowest BCUT2D eigenvalue weighted by Gasteiger charge is -2.29. The average Bonchev–Trinajstić information content (AvgIpc) is 3.21. The molecule has 0 spiro atoms. The number of nitrogens with zero attached hydrogens (tertiary/aromatic N) is 4. The molecule has 1 aromatic carbocycles. The van der Waals surface area contributed by atoms with E-state index in [4.69, 9.17) is 0 Å². The molecule has 1 saturated carbocycles. The van der Waals surface area contributed by atoms with Crippen LogP contribution in [0.1, 0.15) is 35.8 Å². The highest BCUT2D eigenvalue weighted by Gasteiger charge is 2.36. The molecule has 9 heteroatoms. The van der Waals surface area contributed by atoms with Gasteiger partial charge < -0.3 is 0 Å². The van der Waals surface area contributed by atoms with Gasteiger partial charge in [0.05, 0.1) is 11.7 Å². The number of alkyl halides is 4.